The van der Waals surface area contributed by atoms with Gasteiger partial charge in [-0.25, -0.2) is 0 Å². The molecule has 1 aliphatic carbocycles. The second kappa shape index (κ2) is 9.84. The van der Waals surface area contributed by atoms with E-state index in [-0.39, 0.29) is 51.3 Å². The van der Waals surface area contributed by atoms with Crippen LogP contribution in [0, 0.1) is 6.92 Å². The average Bonchev–Trinajstić information content (AvgIpc) is 3.41. The Bertz CT molecular complexity index is 1530. The predicted octanol–water partition coefficient (Wildman–Crippen LogP) is 0.847. The van der Waals surface area contributed by atoms with E-state index in [2.05, 4.69) is 4.98 Å². The van der Waals surface area contributed by atoms with E-state index in [1.54, 1.807) is 18.5 Å². The third-order valence-corrected chi connectivity index (χ3v) is 7.15. The third-order valence-electron chi connectivity index (χ3n) is 7.15. The van der Waals surface area contributed by atoms with Crippen LogP contribution in [0.5, 0.6) is 17.2 Å². The van der Waals surface area contributed by atoms with Gasteiger partial charge in [-0.05, 0) is 43.7 Å². The van der Waals surface area contributed by atoms with Gasteiger partial charge in [-0.1, -0.05) is 0 Å². The summed E-state index contributed by atoms with van der Waals surface area (Å²) in [6.07, 6.45) is -3.62. The minimum Gasteiger partial charge on any atom is -0.507 e. The van der Waals surface area contributed by atoms with E-state index < -0.39 is 53.7 Å². The molecule has 0 amide bonds. The Balaban J connectivity index is 1.70. The highest BCUT2D eigenvalue weighted by molar-refractivity contribution is 6.30. The summed E-state index contributed by atoms with van der Waals surface area (Å²) in [7, 11) is 0. The number of ketones is 2. The number of aromatic nitrogens is 1. The fourth-order valence-corrected chi connectivity index (χ4v) is 5.07. The SMILES string of the molecule is CC(=O)Oc1ccc2c(c1)C(=O)c1c(Cc3cc[nH]c3)c(OC3OC(C)C(O)C(O)(O)C3O)c(C)c(O)c1C2=O. The van der Waals surface area contributed by atoms with Gasteiger partial charge < -0.3 is 44.7 Å². The van der Waals surface area contributed by atoms with Gasteiger partial charge >= 0.3 is 5.97 Å². The summed E-state index contributed by atoms with van der Waals surface area (Å²) in [4.78, 5) is 41.9. The lowest BCUT2D eigenvalue weighted by atomic mass is 9.78. The molecule has 1 aliphatic heterocycles. The number of aromatic amines is 1. The zero-order valence-electron chi connectivity index (χ0n) is 21.7. The van der Waals surface area contributed by atoms with E-state index in [9.17, 15) is 39.9 Å². The highest BCUT2D eigenvalue weighted by Crippen LogP contribution is 2.45. The Labute approximate surface area is 227 Å². The first-order chi connectivity index (χ1) is 18.8. The maximum atomic E-state index is 14.0. The zero-order chi connectivity index (χ0) is 29.1. The molecule has 3 aromatic rings. The first-order valence-corrected chi connectivity index (χ1v) is 12.4. The molecule has 0 saturated carbocycles. The molecule has 210 valence electrons. The van der Waals surface area contributed by atoms with Crippen molar-refractivity contribution in [3.8, 4) is 17.2 Å². The number of phenolic OH excluding ortho intramolecular Hbond substituents is 1. The molecule has 2 heterocycles. The van der Waals surface area contributed by atoms with Crippen LogP contribution in [0.4, 0.5) is 0 Å². The van der Waals surface area contributed by atoms with Gasteiger partial charge in [0.25, 0.3) is 0 Å². The molecule has 2 aliphatic rings. The average molecular weight is 554 g/mol. The van der Waals surface area contributed by atoms with E-state index in [1.807, 2.05) is 0 Å². The molecule has 5 rings (SSSR count). The molecule has 2 aromatic carbocycles. The number of carbonyl (C=O) groups excluding carboxylic acids is 3. The lowest BCUT2D eigenvalue weighted by Gasteiger charge is -2.44. The van der Waals surface area contributed by atoms with Gasteiger partial charge in [0.2, 0.25) is 12.1 Å². The van der Waals surface area contributed by atoms with Gasteiger partial charge in [0, 0.05) is 53.6 Å². The van der Waals surface area contributed by atoms with Gasteiger partial charge in [0.15, 0.2) is 17.7 Å². The van der Waals surface area contributed by atoms with E-state index in [0.29, 0.717) is 5.56 Å². The van der Waals surface area contributed by atoms with Crippen molar-refractivity contribution in [3.05, 3.63) is 75.6 Å². The number of phenols is 1. The van der Waals surface area contributed by atoms with Crippen LogP contribution in [0.1, 0.15) is 62.4 Å². The summed E-state index contributed by atoms with van der Waals surface area (Å²) in [5.41, 5.74) is 0.378. The second-order valence-corrected chi connectivity index (χ2v) is 9.89. The van der Waals surface area contributed by atoms with Crippen LogP contribution in [-0.4, -0.2) is 78.4 Å². The lowest BCUT2D eigenvalue weighted by molar-refractivity contribution is -0.371. The molecular formula is C28H27NO11. The van der Waals surface area contributed by atoms with E-state index in [1.165, 1.54) is 39.0 Å². The number of benzene rings is 2. The number of fused-ring (bicyclic) bond motifs is 2. The van der Waals surface area contributed by atoms with Crippen LogP contribution in [0.25, 0.3) is 0 Å². The summed E-state index contributed by atoms with van der Waals surface area (Å²) in [6.45, 7) is 3.96. The molecule has 0 spiro atoms. The largest absolute Gasteiger partial charge is 0.507 e. The maximum Gasteiger partial charge on any atom is 0.308 e. The fraction of sp³-hybridized carbons (Fsp3) is 0.321. The number of ether oxygens (including phenoxy) is 3. The van der Waals surface area contributed by atoms with E-state index in [0.717, 1.165) is 0 Å². The van der Waals surface area contributed by atoms with Crippen molar-refractivity contribution in [3.63, 3.8) is 0 Å². The zero-order valence-corrected chi connectivity index (χ0v) is 21.7. The van der Waals surface area contributed by atoms with Crippen LogP contribution >= 0.6 is 0 Å². The highest BCUT2D eigenvalue weighted by Gasteiger charge is 2.54. The summed E-state index contributed by atoms with van der Waals surface area (Å²) in [5, 5.41) is 52.5. The van der Waals surface area contributed by atoms with Crippen LogP contribution in [0.3, 0.4) is 0 Å². The van der Waals surface area contributed by atoms with Crippen LogP contribution in [0.15, 0.2) is 36.7 Å². The molecule has 6 N–H and O–H groups in total. The Morgan fingerprint density at radius 1 is 1.07 bits per heavy atom. The van der Waals surface area contributed by atoms with E-state index in [4.69, 9.17) is 14.2 Å². The van der Waals surface area contributed by atoms with Crippen LogP contribution < -0.4 is 9.47 Å². The number of H-pyrrole nitrogens is 1. The molecule has 12 nitrogen and oxygen atoms in total. The molecular weight excluding hydrogens is 526 g/mol. The number of esters is 1. The molecule has 0 radical (unpaired) electrons. The second-order valence-electron chi connectivity index (χ2n) is 9.89. The number of hydrogen-bond acceptors (Lipinski definition) is 11. The van der Waals surface area contributed by atoms with Crippen molar-refractivity contribution in [2.24, 2.45) is 0 Å². The topological polar surface area (TPSA) is 196 Å². The van der Waals surface area contributed by atoms with Crippen molar-refractivity contribution < 1.29 is 54.1 Å². The van der Waals surface area contributed by atoms with E-state index >= 15 is 0 Å². The predicted molar refractivity (Wildman–Crippen MR) is 135 cm³/mol. The number of hydrogen-bond donors (Lipinski definition) is 6. The standard InChI is InChI=1S/C28H27NO11/c1-11-21(31)20-19(23(33)17-9-15(39-13(3)30)4-5-16(17)22(20)32)18(8-14-6-7-29-10-14)24(11)40-27-26(35)28(36,37)25(34)12(2)38-27/h4-7,9-10,12,25-27,29,31,34-37H,8H2,1-3H3. The summed E-state index contributed by atoms with van der Waals surface area (Å²) in [6, 6.07) is 5.69. The minimum atomic E-state index is -2.99. The Morgan fingerprint density at radius 3 is 2.42 bits per heavy atom. The molecule has 12 heteroatoms. The normalized spacial score (nSPS) is 23.4. The summed E-state index contributed by atoms with van der Waals surface area (Å²) < 4.78 is 16.5. The molecule has 4 unspecified atom stereocenters. The third kappa shape index (κ3) is 4.35. The molecule has 4 atom stereocenters. The van der Waals surface area contributed by atoms with Gasteiger partial charge in [-0.3, -0.25) is 14.4 Å². The molecule has 1 fully saturated rings. The molecule has 1 aromatic heterocycles. The van der Waals surface area contributed by atoms with Gasteiger partial charge in [-0.2, -0.15) is 0 Å². The van der Waals surface area contributed by atoms with Crippen molar-refractivity contribution in [1.82, 2.24) is 4.98 Å². The number of aromatic hydroxyl groups is 1. The first kappa shape index (κ1) is 27.5. The molecule has 1 saturated heterocycles. The summed E-state index contributed by atoms with van der Waals surface area (Å²) in [5.74, 6) is -5.56. The Kier molecular flexibility index (Phi) is 6.76. The minimum absolute atomic E-state index is 0.00329. The van der Waals surface area contributed by atoms with Crippen molar-refractivity contribution in [1.29, 1.82) is 0 Å². The quantitative estimate of drug-likeness (QED) is 0.116. The van der Waals surface area contributed by atoms with Gasteiger partial charge in [0.1, 0.15) is 23.4 Å². The van der Waals surface area contributed by atoms with Crippen molar-refractivity contribution >= 4 is 17.5 Å². The van der Waals surface area contributed by atoms with Gasteiger partial charge in [0.05, 0.1) is 11.7 Å². The van der Waals surface area contributed by atoms with Gasteiger partial charge in [-0.15, -0.1) is 0 Å². The molecule has 40 heavy (non-hydrogen) atoms. The fourth-order valence-electron chi connectivity index (χ4n) is 5.07. The van der Waals surface area contributed by atoms with Crippen LogP contribution in [0.2, 0.25) is 0 Å². The highest BCUT2D eigenvalue weighted by atomic mass is 16.7. The smallest absolute Gasteiger partial charge is 0.308 e. The Hall–Kier alpha value is -4.07. The molecule has 0 bridgehead atoms. The Morgan fingerprint density at radius 2 is 1.77 bits per heavy atom. The van der Waals surface area contributed by atoms with Crippen molar-refractivity contribution in [2.75, 3.05) is 0 Å². The number of aliphatic hydroxyl groups excluding tert-OH is 2. The number of rotatable bonds is 5. The lowest BCUT2D eigenvalue weighted by Crippen LogP contribution is -2.67. The first-order valence-electron chi connectivity index (χ1n) is 12.4. The summed E-state index contributed by atoms with van der Waals surface area (Å²) >= 11 is 0. The monoisotopic (exact) mass is 553 g/mol. The van der Waals surface area contributed by atoms with Crippen molar-refractivity contribution in [2.45, 2.75) is 57.6 Å². The van der Waals surface area contributed by atoms with Crippen LogP contribution in [-0.2, 0) is 16.0 Å². The number of aliphatic hydroxyl groups is 4. The number of nitrogens with one attached hydrogen (secondary N) is 1. The maximum absolute atomic E-state index is 14.0. The number of carbonyl (C=O) groups is 3.